The van der Waals surface area contributed by atoms with Crippen LogP contribution in [0.3, 0.4) is 0 Å². The zero-order chi connectivity index (χ0) is 12.0. The summed E-state index contributed by atoms with van der Waals surface area (Å²) in [5, 5.41) is 0. The van der Waals surface area contributed by atoms with E-state index in [1.165, 1.54) is 0 Å². The standard InChI is InChI=1S/C12H24N2O2/c1-4-13(5-2)12(15)14-9-7-11(8-10-14)16-6-3/h11H,4-10H2,1-3H3. The predicted molar refractivity (Wildman–Crippen MR) is 64.5 cm³/mol. The fourth-order valence-electron chi connectivity index (χ4n) is 2.14. The lowest BCUT2D eigenvalue weighted by Gasteiger charge is -2.35. The van der Waals surface area contributed by atoms with Crippen molar-refractivity contribution >= 4 is 6.03 Å². The largest absolute Gasteiger partial charge is 0.378 e. The van der Waals surface area contributed by atoms with Crippen LogP contribution < -0.4 is 0 Å². The molecule has 0 aromatic rings. The summed E-state index contributed by atoms with van der Waals surface area (Å²) in [5.41, 5.74) is 0. The molecule has 1 rings (SSSR count). The van der Waals surface area contributed by atoms with Gasteiger partial charge in [0.25, 0.3) is 0 Å². The Kier molecular flexibility index (Phi) is 5.60. The Labute approximate surface area is 98.5 Å². The van der Waals surface area contributed by atoms with Crippen LogP contribution in [0, 0.1) is 0 Å². The number of rotatable bonds is 4. The second-order valence-electron chi connectivity index (χ2n) is 4.10. The van der Waals surface area contributed by atoms with E-state index in [4.69, 9.17) is 4.74 Å². The van der Waals surface area contributed by atoms with Crippen molar-refractivity contribution in [3.63, 3.8) is 0 Å². The van der Waals surface area contributed by atoms with Gasteiger partial charge in [-0.2, -0.15) is 0 Å². The van der Waals surface area contributed by atoms with Crippen molar-refractivity contribution in [3.8, 4) is 0 Å². The molecule has 1 heterocycles. The molecule has 0 unspecified atom stereocenters. The molecule has 0 aromatic carbocycles. The number of ether oxygens (including phenoxy) is 1. The maximum Gasteiger partial charge on any atom is 0.319 e. The smallest absolute Gasteiger partial charge is 0.319 e. The van der Waals surface area contributed by atoms with Gasteiger partial charge in [0.1, 0.15) is 0 Å². The summed E-state index contributed by atoms with van der Waals surface area (Å²) in [6.45, 7) is 10.1. The van der Waals surface area contributed by atoms with E-state index in [0.717, 1.165) is 45.6 Å². The van der Waals surface area contributed by atoms with Crippen LogP contribution in [0.25, 0.3) is 0 Å². The monoisotopic (exact) mass is 228 g/mol. The Morgan fingerprint density at radius 2 is 1.81 bits per heavy atom. The topological polar surface area (TPSA) is 32.8 Å². The maximum absolute atomic E-state index is 12.0. The van der Waals surface area contributed by atoms with Crippen molar-refractivity contribution in [2.24, 2.45) is 0 Å². The third kappa shape index (κ3) is 3.37. The second kappa shape index (κ2) is 6.74. The first-order chi connectivity index (χ1) is 7.72. The zero-order valence-electron chi connectivity index (χ0n) is 10.7. The lowest BCUT2D eigenvalue weighted by atomic mass is 10.1. The highest BCUT2D eigenvalue weighted by atomic mass is 16.5. The summed E-state index contributed by atoms with van der Waals surface area (Å²) in [7, 11) is 0. The summed E-state index contributed by atoms with van der Waals surface area (Å²) < 4.78 is 5.57. The van der Waals surface area contributed by atoms with Crippen molar-refractivity contribution in [1.82, 2.24) is 9.80 Å². The van der Waals surface area contributed by atoms with Crippen LogP contribution in [0.1, 0.15) is 33.6 Å². The van der Waals surface area contributed by atoms with Crippen molar-refractivity contribution in [2.75, 3.05) is 32.8 Å². The average molecular weight is 228 g/mol. The van der Waals surface area contributed by atoms with Crippen LogP contribution in [0.2, 0.25) is 0 Å². The minimum atomic E-state index is 0.181. The number of likely N-dealkylation sites (tertiary alicyclic amines) is 1. The number of carbonyl (C=O) groups is 1. The van der Waals surface area contributed by atoms with E-state index in [-0.39, 0.29) is 6.03 Å². The summed E-state index contributed by atoms with van der Waals surface area (Å²) >= 11 is 0. The van der Waals surface area contributed by atoms with Crippen molar-refractivity contribution in [2.45, 2.75) is 39.7 Å². The number of hydrogen-bond donors (Lipinski definition) is 0. The minimum absolute atomic E-state index is 0.181. The van der Waals surface area contributed by atoms with E-state index in [1.807, 2.05) is 30.6 Å². The summed E-state index contributed by atoms with van der Waals surface area (Å²) in [6.07, 6.45) is 2.30. The van der Waals surface area contributed by atoms with Crippen LogP contribution in [0.5, 0.6) is 0 Å². The van der Waals surface area contributed by atoms with E-state index in [2.05, 4.69) is 0 Å². The van der Waals surface area contributed by atoms with Crippen molar-refractivity contribution < 1.29 is 9.53 Å². The first kappa shape index (κ1) is 13.3. The van der Waals surface area contributed by atoms with Crippen LogP contribution in [0.15, 0.2) is 0 Å². The average Bonchev–Trinajstić information content (AvgIpc) is 2.32. The van der Waals surface area contributed by atoms with Gasteiger partial charge in [0.2, 0.25) is 0 Å². The SMILES string of the molecule is CCOC1CCN(C(=O)N(CC)CC)CC1. The lowest BCUT2D eigenvalue weighted by molar-refractivity contribution is 0.0187. The Hall–Kier alpha value is -0.770. The van der Waals surface area contributed by atoms with Crippen molar-refractivity contribution in [1.29, 1.82) is 0 Å². The molecule has 0 saturated carbocycles. The summed E-state index contributed by atoms with van der Waals surface area (Å²) in [5.74, 6) is 0. The normalized spacial score (nSPS) is 17.6. The molecular weight excluding hydrogens is 204 g/mol. The Balaban J connectivity index is 2.38. The highest BCUT2D eigenvalue weighted by molar-refractivity contribution is 5.74. The number of piperidine rings is 1. The number of carbonyl (C=O) groups excluding carboxylic acids is 1. The van der Waals surface area contributed by atoms with Crippen LogP contribution in [-0.4, -0.2) is 54.7 Å². The fraction of sp³-hybridized carbons (Fsp3) is 0.917. The molecule has 0 radical (unpaired) electrons. The molecule has 0 aromatic heterocycles. The first-order valence-corrected chi connectivity index (χ1v) is 6.38. The first-order valence-electron chi connectivity index (χ1n) is 6.38. The van der Waals surface area contributed by atoms with Gasteiger partial charge in [-0.25, -0.2) is 4.79 Å². The molecular formula is C12H24N2O2. The summed E-state index contributed by atoms with van der Waals surface area (Å²) in [6, 6.07) is 0.181. The Morgan fingerprint density at radius 1 is 1.25 bits per heavy atom. The number of amides is 2. The van der Waals surface area contributed by atoms with Crippen LogP contribution in [-0.2, 0) is 4.74 Å². The van der Waals surface area contributed by atoms with E-state index < -0.39 is 0 Å². The van der Waals surface area contributed by atoms with Gasteiger partial charge < -0.3 is 14.5 Å². The molecule has 16 heavy (non-hydrogen) atoms. The van der Waals surface area contributed by atoms with Gasteiger partial charge in [-0.3, -0.25) is 0 Å². The van der Waals surface area contributed by atoms with Gasteiger partial charge in [-0.05, 0) is 33.6 Å². The molecule has 4 heteroatoms. The molecule has 0 spiro atoms. The molecule has 1 fully saturated rings. The molecule has 1 saturated heterocycles. The van der Waals surface area contributed by atoms with Crippen molar-refractivity contribution in [3.05, 3.63) is 0 Å². The van der Waals surface area contributed by atoms with Gasteiger partial charge >= 0.3 is 6.03 Å². The molecule has 2 amide bonds. The Bertz CT molecular complexity index is 209. The minimum Gasteiger partial charge on any atom is -0.378 e. The molecule has 0 atom stereocenters. The maximum atomic E-state index is 12.0. The van der Waals surface area contributed by atoms with E-state index >= 15 is 0 Å². The molecule has 94 valence electrons. The molecule has 0 N–H and O–H groups in total. The van der Waals surface area contributed by atoms with Gasteiger partial charge in [-0.1, -0.05) is 0 Å². The molecule has 1 aliphatic heterocycles. The van der Waals surface area contributed by atoms with Crippen LogP contribution >= 0.6 is 0 Å². The van der Waals surface area contributed by atoms with Gasteiger partial charge in [0, 0.05) is 32.8 Å². The number of nitrogens with zero attached hydrogens (tertiary/aromatic N) is 2. The number of hydrogen-bond acceptors (Lipinski definition) is 2. The lowest BCUT2D eigenvalue weighted by Crippen LogP contribution is -2.47. The van der Waals surface area contributed by atoms with Gasteiger partial charge in [-0.15, -0.1) is 0 Å². The van der Waals surface area contributed by atoms with E-state index in [1.54, 1.807) is 0 Å². The third-order valence-corrected chi connectivity index (χ3v) is 3.15. The van der Waals surface area contributed by atoms with E-state index in [9.17, 15) is 4.79 Å². The molecule has 4 nitrogen and oxygen atoms in total. The van der Waals surface area contributed by atoms with Gasteiger partial charge in [0.05, 0.1) is 6.10 Å². The molecule has 0 aliphatic carbocycles. The second-order valence-corrected chi connectivity index (χ2v) is 4.10. The summed E-state index contributed by atoms with van der Waals surface area (Å²) in [4.78, 5) is 15.9. The fourth-order valence-corrected chi connectivity index (χ4v) is 2.14. The molecule has 0 bridgehead atoms. The Morgan fingerprint density at radius 3 is 2.25 bits per heavy atom. The quantitative estimate of drug-likeness (QED) is 0.736. The van der Waals surface area contributed by atoms with Gasteiger partial charge in [0.15, 0.2) is 0 Å². The third-order valence-electron chi connectivity index (χ3n) is 3.15. The van der Waals surface area contributed by atoms with E-state index in [0.29, 0.717) is 6.10 Å². The molecule has 1 aliphatic rings. The number of urea groups is 1. The highest BCUT2D eigenvalue weighted by Gasteiger charge is 2.25. The predicted octanol–water partition coefficient (Wildman–Crippen LogP) is 1.95. The van der Waals surface area contributed by atoms with Crippen LogP contribution in [0.4, 0.5) is 4.79 Å². The highest BCUT2D eigenvalue weighted by Crippen LogP contribution is 2.15. The zero-order valence-corrected chi connectivity index (χ0v) is 10.7.